The Kier molecular flexibility index (Phi) is 8.35. The van der Waals surface area contributed by atoms with Gasteiger partial charge in [0.15, 0.2) is 0 Å². The van der Waals surface area contributed by atoms with Gasteiger partial charge in [0.05, 0.1) is 15.9 Å². The number of hydrogen-bond donors (Lipinski definition) is 0. The molecule has 0 fully saturated rings. The summed E-state index contributed by atoms with van der Waals surface area (Å²) in [7, 11) is 0. The average Bonchev–Trinajstić information content (AvgIpc) is 2.16. The van der Waals surface area contributed by atoms with Crippen molar-refractivity contribution in [3.63, 3.8) is 0 Å². The van der Waals surface area contributed by atoms with Gasteiger partial charge in [0.1, 0.15) is 0 Å². The zero-order valence-corrected chi connectivity index (χ0v) is 8.68. The lowest BCUT2D eigenvalue weighted by Gasteiger charge is -1.89. The van der Waals surface area contributed by atoms with Crippen molar-refractivity contribution >= 4 is 0 Å². The summed E-state index contributed by atoms with van der Waals surface area (Å²) in [6.45, 7) is 6.65. The molecule has 0 saturated carbocycles. The standard InChI is InChI=1S/C6H8N2O4.C2H6/c1-3-6(8(11)12)4-5(2)7(9)10;1-2/h3-4H,1-2H3;1-2H3/b5-4+,6-3+;. The normalized spacial score (nSPS) is 11.4. The van der Waals surface area contributed by atoms with Gasteiger partial charge in [-0.25, -0.2) is 0 Å². The van der Waals surface area contributed by atoms with E-state index in [1.165, 1.54) is 19.9 Å². The van der Waals surface area contributed by atoms with Gasteiger partial charge in [0.25, 0.3) is 5.70 Å². The molecule has 0 aromatic heterocycles. The molecular weight excluding hydrogens is 188 g/mol. The monoisotopic (exact) mass is 202 g/mol. The van der Waals surface area contributed by atoms with E-state index < -0.39 is 9.85 Å². The van der Waals surface area contributed by atoms with E-state index in [2.05, 4.69) is 0 Å². The van der Waals surface area contributed by atoms with Crippen molar-refractivity contribution < 1.29 is 9.85 Å². The van der Waals surface area contributed by atoms with Crippen LogP contribution in [-0.4, -0.2) is 9.85 Å². The van der Waals surface area contributed by atoms with Crippen LogP contribution in [-0.2, 0) is 0 Å². The van der Waals surface area contributed by atoms with Crippen LogP contribution in [0.3, 0.4) is 0 Å². The summed E-state index contributed by atoms with van der Waals surface area (Å²) in [5.41, 5.74) is -0.524. The second-order valence-electron chi connectivity index (χ2n) is 2.01. The third kappa shape index (κ3) is 5.87. The van der Waals surface area contributed by atoms with Crippen LogP contribution >= 0.6 is 0 Å². The van der Waals surface area contributed by atoms with E-state index in [1.54, 1.807) is 0 Å². The molecule has 6 nitrogen and oxygen atoms in total. The number of allylic oxidation sites excluding steroid dienone is 3. The highest BCUT2D eigenvalue weighted by atomic mass is 16.6. The highest BCUT2D eigenvalue weighted by Crippen LogP contribution is 2.03. The van der Waals surface area contributed by atoms with E-state index in [4.69, 9.17) is 0 Å². The molecule has 80 valence electrons. The van der Waals surface area contributed by atoms with E-state index in [0.29, 0.717) is 0 Å². The second kappa shape index (κ2) is 7.90. The van der Waals surface area contributed by atoms with E-state index >= 15 is 0 Å². The lowest BCUT2D eigenvalue weighted by atomic mass is 10.3. The van der Waals surface area contributed by atoms with Crippen LogP contribution < -0.4 is 0 Å². The largest absolute Gasteiger partial charge is 0.271 e. The van der Waals surface area contributed by atoms with Crippen molar-refractivity contribution in [1.29, 1.82) is 0 Å². The topological polar surface area (TPSA) is 86.3 Å². The number of hydrogen-bond acceptors (Lipinski definition) is 4. The quantitative estimate of drug-likeness (QED) is 0.399. The molecule has 0 heterocycles. The SMILES string of the molecule is C/C=C(\C=C(/C)[N+](=O)[O-])[N+](=O)[O-].CC. The maximum atomic E-state index is 10.2. The first-order valence-corrected chi connectivity index (χ1v) is 4.12. The molecule has 0 rings (SSSR count). The Morgan fingerprint density at radius 2 is 1.57 bits per heavy atom. The third-order valence-corrected chi connectivity index (χ3v) is 1.15. The molecule has 0 bridgehead atoms. The summed E-state index contributed by atoms with van der Waals surface area (Å²) >= 11 is 0. The van der Waals surface area contributed by atoms with Crippen LogP contribution in [0, 0.1) is 20.2 Å². The molecule has 0 spiro atoms. The van der Waals surface area contributed by atoms with Gasteiger partial charge in [-0.3, -0.25) is 20.2 Å². The van der Waals surface area contributed by atoms with Crippen molar-refractivity contribution in [2.45, 2.75) is 27.7 Å². The van der Waals surface area contributed by atoms with Gasteiger partial charge < -0.3 is 0 Å². The van der Waals surface area contributed by atoms with E-state index in [0.717, 1.165) is 6.08 Å². The fourth-order valence-corrected chi connectivity index (χ4v) is 0.508. The molecule has 0 aliphatic rings. The summed E-state index contributed by atoms with van der Waals surface area (Å²) in [5.74, 6) is 0. The average molecular weight is 202 g/mol. The van der Waals surface area contributed by atoms with Crippen molar-refractivity contribution in [2.24, 2.45) is 0 Å². The minimum Gasteiger partial charge on any atom is -0.259 e. The summed E-state index contributed by atoms with van der Waals surface area (Å²) in [6, 6.07) is 0. The molecular formula is C8H14N2O4. The summed E-state index contributed by atoms with van der Waals surface area (Å²) in [5, 5.41) is 20.2. The van der Waals surface area contributed by atoms with Crippen LogP contribution in [0.25, 0.3) is 0 Å². The van der Waals surface area contributed by atoms with Crippen LogP contribution in [0.1, 0.15) is 27.7 Å². The second-order valence-corrected chi connectivity index (χ2v) is 2.01. The third-order valence-electron chi connectivity index (χ3n) is 1.15. The van der Waals surface area contributed by atoms with Crippen LogP contribution in [0.15, 0.2) is 23.5 Å². The molecule has 0 radical (unpaired) electrons. The predicted octanol–water partition coefficient (Wildman–Crippen LogP) is 2.37. The Morgan fingerprint density at radius 3 is 1.79 bits per heavy atom. The van der Waals surface area contributed by atoms with Crippen molar-refractivity contribution in [1.82, 2.24) is 0 Å². The zero-order chi connectivity index (χ0) is 11.7. The highest BCUT2D eigenvalue weighted by molar-refractivity contribution is 5.11. The molecule has 0 aliphatic heterocycles. The van der Waals surface area contributed by atoms with E-state index in [-0.39, 0.29) is 11.4 Å². The minimum absolute atomic E-state index is 0.250. The van der Waals surface area contributed by atoms with Crippen molar-refractivity contribution in [3.05, 3.63) is 43.8 Å². The first-order valence-electron chi connectivity index (χ1n) is 4.12. The molecule has 6 heteroatoms. The Bertz CT molecular complexity index is 269. The van der Waals surface area contributed by atoms with Gasteiger partial charge in [-0.05, 0) is 13.0 Å². The Balaban J connectivity index is 0. The summed E-state index contributed by atoms with van der Waals surface area (Å²) in [6.07, 6.45) is 2.12. The zero-order valence-electron chi connectivity index (χ0n) is 8.68. The van der Waals surface area contributed by atoms with Gasteiger partial charge in [0, 0.05) is 6.92 Å². The highest BCUT2D eigenvalue weighted by Gasteiger charge is 2.10. The van der Waals surface area contributed by atoms with E-state index in [1.807, 2.05) is 13.8 Å². The predicted molar refractivity (Wildman–Crippen MR) is 52.9 cm³/mol. The first-order chi connectivity index (χ1) is 6.49. The minimum atomic E-state index is -0.674. The smallest absolute Gasteiger partial charge is 0.259 e. The van der Waals surface area contributed by atoms with Crippen LogP contribution in [0.2, 0.25) is 0 Å². The molecule has 0 aliphatic carbocycles. The molecule has 0 aromatic rings. The van der Waals surface area contributed by atoms with Gasteiger partial charge in [-0.1, -0.05) is 13.8 Å². The first kappa shape index (κ1) is 14.8. The fraction of sp³-hybridized carbons (Fsp3) is 0.500. The summed E-state index contributed by atoms with van der Waals surface area (Å²) in [4.78, 5) is 18.9. The maximum Gasteiger partial charge on any atom is 0.271 e. The number of nitro groups is 2. The van der Waals surface area contributed by atoms with Gasteiger partial charge in [-0.2, -0.15) is 0 Å². The molecule has 0 saturated heterocycles. The number of nitrogens with zero attached hydrogens (tertiary/aromatic N) is 2. The van der Waals surface area contributed by atoms with Crippen LogP contribution in [0.4, 0.5) is 0 Å². The number of rotatable bonds is 3. The Labute approximate surface area is 82.2 Å². The van der Waals surface area contributed by atoms with Gasteiger partial charge in [-0.15, -0.1) is 0 Å². The Hall–Kier alpha value is -1.72. The van der Waals surface area contributed by atoms with E-state index in [9.17, 15) is 20.2 Å². The molecule has 14 heavy (non-hydrogen) atoms. The lowest BCUT2D eigenvalue weighted by molar-refractivity contribution is -0.434. The van der Waals surface area contributed by atoms with Gasteiger partial charge >= 0.3 is 0 Å². The van der Waals surface area contributed by atoms with Crippen molar-refractivity contribution in [2.75, 3.05) is 0 Å². The lowest BCUT2D eigenvalue weighted by Crippen LogP contribution is -1.99. The van der Waals surface area contributed by atoms with Crippen LogP contribution in [0.5, 0.6) is 0 Å². The fourth-order valence-electron chi connectivity index (χ4n) is 0.508. The molecule has 0 aromatic carbocycles. The molecule has 0 amide bonds. The van der Waals surface area contributed by atoms with Crippen molar-refractivity contribution in [3.8, 4) is 0 Å². The Morgan fingerprint density at radius 1 is 1.14 bits per heavy atom. The maximum absolute atomic E-state index is 10.2. The van der Waals surface area contributed by atoms with Gasteiger partial charge in [0.2, 0.25) is 5.70 Å². The molecule has 0 unspecified atom stereocenters. The summed E-state index contributed by atoms with van der Waals surface area (Å²) < 4.78 is 0. The molecule has 0 atom stereocenters. The molecule has 0 N–H and O–H groups in total.